The summed E-state index contributed by atoms with van der Waals surface area (Å²) in [5.74, 6) is 0. The third-order valence-electron chi connectivity index (χ3n) is 3.69. The van der Waals surface area contributed by atoms with Gasteiger partial charge in [-0.1, -0.05) is 0 Å². The molecule has 4 atom stereocenters. The minimum atomic E-state index is -1.77. The Hall–Kier alpha value is 0.668. The van der Waals surface area contributed by atoms with Crippen molar-refractivity contribution < 1.29 is 22.4 Å². The molecule has 1 rings (SSSR count). The summed E-state index contributed by atoms with van der Waals surface area (Å²) in [7, 11) is -6.88. The lowest BCUT2D eigenvalue weighted by atomic mass is 10.1. The van der Waals surface area contributed by atoms with Crippen LogP contribution in [0, 0.1) is 0 Å². The summed E-state index contributed by atoms with van der Waals surface area (Å²) in [6, 6.07) is 0. The van der Waals surface area contributed by atoms with E-state index >= 15 is 0 Å². The van der Waals surface area contributed by atoms with E-state index in [0.29, 0.717) is 13.2 Å². The number of hydrogen-bond donors (Lipinski definition) is 0. The van der Waals surface area contributed by atoms with Gasteiger partial charge in [0.05, 0.1) is 25.4 Å². The van der Waals surface area contributed by atoms with Crippen molar-refractivity contribution in [1.82, 2.24) is 0 Å². The smallest absolute Gasteiger partial charge is 0.184 e. The summed E-state index contributed by atoms with van der Waals surface area (Å²) in [5, 5.41) is 0. The third kappa shape index (κ3) is 10.9. The molecule has 1 fully saturated rings. The quantitative estimate of drug-likeness (QED) is 0.441. The van der Waals surface area contributed by atoms with Crippen LogP contribution >= 0.6 is 0 Å². The van der Waals surface area contributed by atoms with E-state index in [9.17, 15) is 0 Å². The second-order valence-electron chi connectivity index (χ2n) is 11.5. The Morgan fingerprint density at radius 2 is 1.26 bits per heavy atom. The monoisotopic (exact) mass is 452 g/mol. The lowest BCUT2D eigenvalue weighted by Crippen LogP contribution is -2.53. The van der Waals surface area contributed by atoms with Crippen molar-refractivity contribution in [2.24, 2.45) is 0 Å². The van der Waals surface area contributed by atoms with Crippen LogP contribution in [0.3, 0.4) is 0 Å². The Morgan fingerprint density at radius 1 is 0.741 bits per heavy atom. The van der Waals surface area contributed by atoms with Gasteiger partial charge in [0.2, 0.25) is 0 Å². The molecule has 0 saturated carbocycles. The molecule has 0 bridgehead atoms. The van der Waals surface area contributed by atoms with Crippen LogP contribution in [0.1, 0.15) is 0 Å². The van der Waals surface area contributed by atoms with Crippen molar-refractivity contribution in [1.29, 1.82) is 0 Å². The van der Waals surface area contributed by atoms with Crippen LogP contribution in [-0.2, 0) is 22.4 Å². The highest BCUT2D eigenvalue weighted by molar-refractivity contribution is 6.71. The molecule has 0 spiro atoms. The molecule has 0 radical (unpaired) electrons. The zero-order valence-electron chi connectivity index (χ0n) is 19.8. The van der Waals surface area contributed by atoms with E-state index in [0.717, 1.165) is 0 Å². The fraction of sp³-hybridized carbons (Fsp3) is 1.00. The summed E-state index contributed by atoms with van der Waals surface area (Å²) in [5.41, 5.74) is 0. The molecule has 0 aromatic rings. The van der Waals surface area contributed by atoms with E-state index in [1.165, 1.54) is 0 Å². The van der Waals surface area contributed by atoms with Crippen molar-refractivity contribution in [2.75, 3.05) is 13.2 Å². The predicted octanol–water partition coefficient (Wildman–Crippen LogP) is 4.90. The Balaban J connectivity index is 3.07. The lowest BCUT2D eigenvalue weighted by Gasteiger charge is -2.38. The number of hydrogen-bond acceptors (Lipinski definition) is 5. The highest BCUT2D eigenvalue weighted by atomic mass is 28.4. The molecule has 1 saturated heterocycles. The zero-order chi connectivity index (χ0) is 21.3. The van der Waals surface area contributed by atoms with Gasteiger partial charge in [-0.05, 0) is 78.6 Å². The minimum absolute atomic E-state index is 0.0204. The van der Waals surface area contributed by atoms with Crippen molar-refractivity contribution in [3.05, 3.63) is 0 Å². The molecular weight excluding hydrogens is 409 g/mol. The fourth-order valence-corrected chi connectivity index (χ4v) is 7.00. The lowest BCUT2D eigenvalue weighted by molar-refractivity contribution is -0.0521. The minimum Gasteiger partial charge on any atom is -0.415 e. The summed E-state index contributed by atoms with van der Waals surface area (Å²) in [4.78, 5) is 0. The summed E-state index contributed by atoms with van der Waals surface area (Å²) >= 11 is 0. The number of rotatable bonds is 10. The topological polar surface area (TPSA) is 46.2 Å². The Morgan fingerprint density at radius 3 is 1.67 bits per heavy atom. The van der Waals surface area contributed by atoms with E-state index < -0.39 is 33.3 Å². The Kier molecular flexibility index (Phi) is 8.77. The van der Waals surface area contributed by atoms with Crippen LogP contribution < -0.4 is 0 Å². The van der Waals surface area contributed by atoms with Crippen LogP contribution in [0.25, 0.3) is 0 Å². The average Bonchev–Trinajstić information content (AvgIpc) is 2.71. The standard InChI is InChI=1S/C18H44O5Si4/c1-24(2,3)20-14-16(22-26(7,8)9)17-18(23-27(10,11)12)15(13-19-17)21-25(4,5)6/h15-18H,13-14H2,1-12H3/t15-,16+,17+,18+/m0/s1. The second-order valence-corrected chi connectivity index (χ2v) is 29.3. The van der Waals surface area contributed by atoms with Crippen LogP contribution in [-0.4, -0.2) is 70.9 Å². The maximum atomic E-state index is 6.60. The molecule has 0 N–H and O–H groups in total. The van der Waals surface area contributed by atoms with Gasteiger partial charge in [0.15, 0.2) is 33.3 Å². The van der Waals surface area contributed by atoms with Gasteiger partial charge >= 0.3 is 0 Å². The maximum Gasteiger partial charge on any atom is 0.184 e. The maximum absolute atomic E-state index is 6.60. The Labute approximate surface area is 172 Å². The van der Waals surface area contributed by atoms with Crippen LogP contribution in [0.2, 0.25) is 78.6 Å². The molecule has 1 heterocycles. The van der Waals surface area contributed by atoms with Crippen LogP contribution in [0.5, 0.6) is 0 Å². The fourth-order valence-electron chi connectivity index (χ4n) is 3.01. The van der Waals surface area contributed by atoms with Gasteiger partial charge in [0, 0.05) is 0 Å². The largest absolute Gasteiger partial charge is 0.415 e. The van der Waals surface area contributed by atoms with Crippen molar-refractivity contribution >= 4 is 33.3 Å². The molecule has 1 aliphatic rings. The molecule has 0 aromatic carbocycles. The van der Waals surface area contributed by atoms with Gasteiger partial charge in [-0.2, -0.15) is 0 Å². The number of ether oxygens (including phenoxy) is 1. The molecule has 9 heteroatoms. The predicted molar refractivity (Wildman–Crippen MR) is 124 cm³/mol. The molecule has 0 aliphatic carbocycles. The van der Waals surface area contributed by atoms with Gasteiger partial charge in [0.25, 0.3) is 0 Å². The van der Waals surface area contributed by atoms with E-state index in [-0.39, 0.29) is 24.4 Å². The van der Waals surface area contributed by atoms with Crippen molar-refractivity contribution in [3.63, 3.8) is 0 Å². The molecule has 5 nitrogen and oxygen atoms in total. The molecular formula is C18H44O5Si4. The molecule has 0 aromatic heterocycles. The molecule has 1 aliphatic heterocycles. The Bertz CT molecular complexity index is 462. The first kappa shape index (κ1) is 25.7. The van der Waals surface area contributed by atoms with Gasteiger partial charge < -0.3 is 22.4 Å². The second kappa shape index (κ2) is 9.21. The molecule has 27 heavy (non-hydrogen) atoms. The van der Waals surface area contributed by atoms with Gasteiger partial charge in [-0.15, -0.1) is 0 Å². The van der Waals surface area contributed by atoms with Crippen LogP contribution in [0.4, 0.5) is 0 Å². The normalized spacial score (nSPS) is 26.4. The molecule has 0 amide bonds. The van der Waals surface area contributed by atoms with Crippen molar-refractivity contribution in [2.45, 2.75) is 103 Å². The summed E-state index contributed by atoms with van der Waals surface area (Å²) < 4.78 is 32.1. The summed E-state index contributed by atoms with van der Waals surface area (Å²) in [6.07, 6.45) is -0.357. The average molecular weight is 453 g/mol. The van der Waals surface area contributed by atoms with E-state index in [2.05, 4.69) is 78.6 Å². The van der Waals surface area contributed by atoms with E-state index in [4.69, 9.17) is 22.4 Å². The first-order valence-corrected chi connectivity index (χ1v) is 23.8. The van der Waals surface area contributed by atoms with Crippen LogP contribution in [0.15, 0.2) is 0 Å². The highest BCUT2D eigenvalue weighted by Crippen LogP contribution is 2.31. The summed E-state index contributed by atoms with van der Waals surface area (Å²) in [6.45, 7) is 27.7. The zero-order valence-corrected chi connectivity index (χ0v) is 23.8. The SMILES string of the molecule is C[Si](C)(C)OC[C@@H](O[Si](C)(C)C)[C@H]1OC[C@H](O[Si](C)(C)C)[C@H]1O[Si](C)(C)C. The van der Waals surface area contributed by atoms with Crippen molar-refractivity contribution in [3.8, 4) is 0 Å². The molecule has 0 unspecified atom stereocenters. The van der Waals surface area contributed by atoms with Gasteiger partial charge in [0.1, 0.15) is 12.2 Å². The molecule has 162 valence electrons. The first-order valence-electron chi connectivity index (χ1n) is 10.2. The van der Waals surface area contributed by atoms with E-state index in [1.807, 2.05) is 0 Å². The highest BCUT2D eigenvalue weighted by Gasteiger charge is 2.47. The third-order valence-corrected chi connectivity index (χ3v) is 7.72. The first-order chi connectivity index (χ1) is 11.9. The van der Waals surface area contributed by atoms with Gasteiger partial charge in [-0.3, -0.25) is 0 Å². The van der Waals surface area contributed by atoms with Gasteiger partial charge in [-0.25, -0.2) is 0 Å². The van der Waals surface area contributed by atoms with E-state index in [1.54, 1.807) is 0 Å².